The van der Waals surface area contributed by atoms with E-state index in [2.05, 4.69) is 50.2 Å². The molecule has 3 aromatic rings. The molecule has 2 fully saturated rings. The van der Waals surface area contributed by atoms with Crippen LogP contribution in [0.5, 0.6) is 0 Å². The van der Waals surface area contributed by atoms with Gasteiger partial charge in [-0.15, -0.1) is 0 Å². The van der Waals surface area contributed by atoms with Crippen molar-refractivity contribution in [2.45, 2.75) is 123 Å². The molecule has 45 heavy (non-hydrogen) atoms. The summed E-state index contributed by atoms with van der Waals surface area (Å²) >= 11 is 0. The molecule has 0 spiro atoms. The zero-order valence-corrected chi connectivity index (χ0v) is 26.9. The smallest absolute Gasteiger partial charge is 0.338 e. The van der Waals surface area contributed by atoms with Crippen molar-refractivity contribution in [2.24, 2.45) is 11.8 Å². The van der Waals surface area contributed by atoms with E-state index >= 15 is 0 Å². The van der Waals surface area contributed by atoms with Gasteiger partial charge in [0.2, 0.25) is 0 Å². The van der Waals surface area contributed by atoms with Gasteiger partial charge in [0, 0.05) is 2.85 Å². The Morgan fingerprint density at radius 1 is 0.778 bits per heavy atom. The SMILES string of the molecule is C.CCCCCC1CCC(c2ccc(COOC(COC(=O)c3ccc(C4CCC(C)CC4)cc3)c3ccccc3)cc2)CC1.[HH].[HH]. The van der Waals surface area contributed by atoms with Crippen molar-refractivity contribution in [1.29, 1.82) is 0 Å². The van der Waals surface area contributed by atoms with Crippen molar-refractivity contribution in [3.05, 3.63) is 107 Å². The van der Waals surface area contributed by atoms with Crippen LogP contribution in [0.1, 0.15) is 152 Å². The molecule has 4 nitrogen and oxygen atoms in total. The highest BCUT2D eigenvalue weighted by molar-refractivity contribution is 5.89. The number of carbonyl (C=O) groups excluding carboxylic acids is 1. The maximum absolute atomic E-state index is 12.9. The van der Waals surface area contributed by atoms with Gasteiger partial charge in [-0.05, 0) is 96.6 Å². The molecule has 0 radical (unpaired) electrons. The molecular weight excluding hydrogens is 556 g/mol. The summed E-state index contributed by atoms with van der Waals surface area (Å²) in [5.41, 5.74) is 5.31. The lowest BCUT2D eigenvalue weighted by atomic mass is 9.77. The summed E-state index contributed by atoms with van der Waals surface area (Å²) in [7, 11) is 0. The number of rotatable bonds is 14. The van der Waals surface area contributed by atoms with Crippen molar-refractivity contribution in [3.63, 3.8) is 0 Å². The maximum Gasteiger partial charge on any atom is 0.338 e. The average Bonchev–Trinajstić information content (AvgIpc) is 3.08. The summed E-state index contributed by atoms with van der Waals surface area (Å²) in [5, 5.41) is 0. The van der Waals surface area contributed by atoms with Gasteiger partial charge in [0.1, 0.15) is 13.2 Å². The number of hydrogen-bond acceptors (Lipinski definition) is 4. The number of ether oxygens (including phenoxy) is 1. The predicted octanol–water partition coefficient (Wildman–Crippen LogP) is 12.0. The van der Waals surface area contributed by atoms with E-state index < -0.39 is 6.10 Å². The van der Waals surface area contributed by atoms with Gasteiger partial charge in [0.05, 0.1) is 5.56 Å². The number of carbonyl (C=O) groups is 1. The Hall–Kier alpha value is -2.95. The highest BCUT2D eigenvalue weighted by Gasteiger charge is 2.23. The van der Waals surface area contributed by atoms with Crippen LogP contribution >= 0.6 is 0 Å². The van der Waals surface area contributed by atoms with Crippen molar-refractivity contribution < 1.29 is 22.2 Å². The van der Waals surface area contributed by atoms with Gasteiger partial charge < -0.3 is 4.74 Å². The lowest BCUT2D eigenvalue weighted by molar-refractivity contribution is -0.340. The second kappa shape index (κ2) is 18.3. The van der Waals surface area contributed by atoms with E-state index in [1.54, 1.807) is 0 Å². The van der Waals surface area contributed by atoms with E-state index in [9.17, 15) is 4.79 Å². The molecule has 0 aliphatic heterocycles. The van der Waals surface area contributed by atoms with Gasteiger partial charge in [-0.1, -0.05) is 127 Å². The van der Waals surface area contributed by atoms with Gasteiger partial charge in [0.25, 0.3) is 0 Å². The Morgan fingerprint density at radius 2 is 1.38 bits per heavy atom. The normalized spacial score (nSPS) is 22.3. The van der Waals surface area contributed by atoms with Crippen LogP contribution in [-0.4, -0.2) is 12.6 Å². The third-order valence-electron chi connectivity index (χ3n) is 10.1. The van der Waals surface area contributed by atoms with Crippen LogP contribution in [0.4, 0.5) is 0 Å². The first-order valence-corrected chi connectivity index (χ1v) is 17.3. The minimum atomic E-state index is -0.518. The van der Waals surface area contributed by atoms with E-state index in [1.807, 2.05) is 42.5 Å². The standard InChI is InChI=1S/C40H52O4.CH4.2H2/c1-3-4-6-9-31-14-20-34(21-15-31)35-22-16-32(17-23-35)28-43-44-39(37-10-7-5-8-11-37)29-42-40(41)38-26-24-36(25-27-38)33-18-12-30(2)13-19-33;;;/h5,7-8,10-11,16-17,22-27,30-31,33-34,39H,3-4,6,9,12-15,18-21,28-29H2,1-2H3;1H4;2*1H. The summed E-state index contributed by atoms with van der Waals surface area (Å²) in [4.78, 5) is 24.5. The summed E-state index contributed by atoms with van der Waals surface area (Å²) in [6.07, 6.45) is 15.3. The molecule has 0 bridgehead atoms. The quantitative estimate of drug-likeness (QED) is 0.0782. The van der Waals surface area contributed by atoms with Crippen LogP contribution in [0.25, 0.3) is 0 Å². The lowest BCUT2D eigenvalue weighted by Gasteiger charge is -2.29. The first-order chi connectivity index (χ1) is 21.6. The molecule has 2 saturated carbocycles. The Labute approximate surface area is 275 Å². The first kappa shape index (κ1) is 34.9. The van der Waals surface area contributed by atoms with E-state index in [-0.39, 0.29) is 22.9 Å². The van der Waals surface area contributed by atoms with Gasteiger partial charge >= 0.3 is 5.97 Å². The molecule has 5 rings (SSSR count). The average molecular weight is 617 g/mol. The highest BCUT2D eigenvalue weighted by atomic mass is 17.2. The van der Waals surface area contributed by atoms with Crippen molar-refractivity contribution in [3.8, 4) is 0 Å². The molecule has 1 atom stereocenters. The Balaban J connectivity index is 0.00000256. The molecule has 0 N–H and O–H groups in total. The molecule has 1 unspecified atom stereocenters. The highest BCUT2D eigenvalue weighted by Crippen LogP contribution is 2.38. The Morgan fingerprint density at radius 3 is 2.00 bits per heavy atom. The molecule has 2 aliphatic carbocycles. The van der Waals surface area contributed by atoms with Crippen LogP contribution in [0.15, 0.2) is 78.9 Å². The second-order valence-electron chi connectivity index (χ2n) is 13.4. The van der Waals surface area contributed by atoms with E-state index in [0.29, 0.717) is 24.0 Å². The summed E-state index contributed by atoms with van der Waals surface area (Å²) in [5.74, 6) is 2.68. The third kappa shape index (κ3) is 10.5. The van der Waals surface area contributed by atoms with Gasteiger partial charge in [-0.2, -0.15) is 0 Å². The monoisotopic (exact) mass is 616 g/mol. The topological polar surface area (TPSA) is 44.8 Å². The van der Waals surface area contributed by atoms with Crippen LogP contribution in [0.2, 0.25) is 0 Å². The maximum atomic E-state index is 12.9. The molecule has 3 aromatic carbocycles. The molecule has 4 heteroatoms. The Kier molecular flexibility index (Phi) is 14.2. The zero-order chi connectivity index (χ0) is 30.6. The fourth-order valence-electron chi connectivity index (χ4n) is 7.10. The van der Waals surface area contributed by atoms with Gasteiger partial charge in [-0.25, -0.2) is 14.6 Å². The molecule has 248 valence electrons. The second-order valence-corrected chi connectivity index (χ2v) is 13.4. The minimum absolute atomic E-state index is 0. The van der Waals surface area contributed by atoms with Crippen LogP contribution in [0.3, 0.4) is 0 Å². The van der Waals surface area contributed by atoms with Crippen LogP contribution < -0.4 is 0 Å². The number of benzene rings is 3. The number of esters is 1. The van der Waals surface area contributed by atoms with E-state index in [0.717, 1.165) is 23.0 Å². The molecule has 0 aromatic heterocycles. The molecular formula is C41H60O4. The van der Waals surface area contributed by atoms with Gasteiger partial charge in [-0.3, -0.25) is 0 Å². The van der Waals surface area contributed by atoms with E-state index in [4.69, 9.17) is 14.5 Å². The molecule has 0 amide bonds. The summed E-state index contributed by atoms with van der Waals surface area (Å²) < 4.78 is 5.72. The fourth-order valence-corrected chi connectivity index (χ4v) is 7.10. The first-order valence-electron chi connectivity index (χ1n) is 17.3. The van der Waals surface area contributed by atoms with Crippen molar-refractivity contribution in [1.82, 2.24) is 0 Å². The van der Waals surface area contributed by atoms with Crippen LogP contribution in [-0.2, 0) is 21.1 Å². The molecule has 0 saturated heterocycles. The number of unbranched alkanes of at least 4 members (excludes halogenated alkanes) is 2. The predicted molar refractivity (Wildman–Crippen MR) is 188 cm³/mol. The summed E-state index contributed by atoms with van der Waals surface area (Å²) in [6.45, 7) is 5.04. The third-order valence-corrected chi connectivity index (χ3v) is 10.1. The molecule has 0 heterocycles. The Bertz CT molecular complexity index is 1250. The van der Waals surface area contributed by atoms with Crippen LogP contribution in [0, 0.1) is 11.8 Å². The zero-order valence-electron chi connectivity index (χ0n) is 26.9. The lowest BCUT2D eigenvalue weighted by Crippen LogP contribution is -2.16. The van der Waals surface area contributed by atoms with Gasteiger partial charge in [0.15, 0.2) is 6.10 Å². The van der Waals surface area contributed by atoms with E-state index in [1.165, 1.54) is 88.2 Å². The number of hydrogen-bond donors (Lipinski definition) is 0. The largest absolute Gasteiger partial charge is 0.459 e. The minimum Gasteiger partial charge on any atom is -0.459 e. The summed E-state index contributed by atoms with van der Waals surface area (Å²) in [6, 6.07) is 26.6. The molecule has 2 aliphatic rings. The fraction of sp³-hybridized carbons (Fsp3) is 0.537. The van der Waals surface area contributed by atoms with Crippen molar-refractivity contribution >= 4 is 5.97 Å². The van der Waals surface area contributed by atoms with Crippen molar-refractivity contribution in [2.75, 3.05) is 6.61 Å².